The molecule has 0 radical (unpaired) electrons. The number of piperidine rings is 2. The zero-order valence-corrected chi connectivity index (χ0v) is 15.6. The van der Waals surface area contributed by atoms with E-state index < -0.39 is 0 Å². The fourth-order valence-corrected chi connectivity index (χ4v) is 3.83. The molecular weight excluding hydrogens is 365 g/mol. The van der Waals surface area contributed by atoms with E-state index in [1.165, 1.54) is 49.7 Å². The van der Waals surface area contributed by atoms with Gasteiger partial charge in [0.25, 0.3) is 0 Å². The lowest BCUT2D eigenvalue weighted by atomic mass is 9.82. The molecule has 118 valence electrons. The Balaban J connectivity index is 0.00000200. The van der Waals surface area contributed by atoms with Crippen LogP contribution in [-0.2, 0) is 9.53 Å². The van der Waals surface area contributed by atoms with Crippen molar-refractivity contribution in [1.82, 2.24) is 0 Å². The van der Waals surface area contributed by atoms with Gasteiger partial charge in [-0.3, -0.25) is 4.79 Å². The van der Waals surface area contributed by atoms with Crippen LogP contribution in [0.4, 0.5) is 0 Å². The number of fused-ring (bicyclic) bond motifs is 1. The second-order valence-electron chi connectivity index (χ2n) is 7.74. The van der Waals surface area contributed by atoms with Crippen molar-refractivity contribution < 1.29 is 38.0 Å². The second-order valence-corrected chi connectivity index (χ2v) is 7.74. The molecule has 0 bridgehead atoms. The molecule has 0 saturated carbocycles. The Morgan fingerprint density at radius 1 is 1.15 bits per heavy atom. The van der Waals surface area contributed by atoms with Crippen molar-refractivity contribution in [1.29, 1.82) is 0 Å². The molecule has 3 unspecified atom stereocenters. The van der Waals surface area contributed by atoms with Gasteiger partial charge in [0.1, 0.15) is 0 Å². The molecule has 2 rings (SSSR count). The summed E-state index contributed by atoms with van der Waals surface area (Å²) >= 11 is 0. The lowest BCUT2D eigenvalue weighted by molar-refractivity contribution is -0.947. The topological polar surface area (TPSA) is 26.3 Å². The number of hydrogen-bond acceptors (Lipinski definition) is 2. The molecule has 2 fully saturated rings. The number of carbonyl (C=O) groups excluding carboxylic acids is 1. The zero-order valence-electron chi connectivity index (χ0n) is 13.5. The molecule has 3 nitrogen and oxygen atoms in total. The Morgan fingerprint density at radius 2 is 1.80 bits per heavy atom. The molecule has 2 aliphatic rings. The molecule has 0 aromatic carbocycles. The van der Waals surface area contributed by atoms with Crippen molar-refractivity contribution in [3.05, 3.63) is 0 Å². The van der Waals surface area contributed by atoms with Gasteiger partial charge in [-0.15, -0.1) is 0 Å². The molecule has 2 heterocycles. The zero-order chi connectivity index (χ0) is 14.1. The molecule has 0 amide bonds. The average Bonchev–Trinajstić information content (AvgIpc) is 2.33. The summed E-state index contributed by atoms with van der Waals surface area (Å²) in [4.78, 5) is 11.9. The third kappa shape index (κ3) is 4.09. The highest BCUT2D eigenvalue weighted by atomic mass is 127. The first kappa shape index (κ1) is 18.2. The quantitative estimate of drug-likeness (QED) is 0.374. The first-order valence-corrected chi connectivity index (χ1v) is 7.84. The summed E-state index contributed by atoms with van der Waals surface area (Å²) in [6, 6.07) is 0.718. The van der Waals surface area contributed by atoms with E-state index in [1.807, 2.05) is 20.8 Å². The minimum atomic E-state index is -0.376. The van der Waals surface area contributed by atoms with E-state index in [1.54, 1.807) is 0 Å². The summed E-state index contributed by atoms with van der Waals surface area (Å²) in [5.74, 6) is 0.522. The van der Waals surface area contributed by atoms with Crippen molar-refractivity contribution in [3.8, 4) is 0 Å². The highest BCUT2D eigenvalue weighted by Gasteiger charge is 2.44. The third-order valence-corrected chi connectivity index (χ3v) is 5.05. The molecular formula is C16H30INO2. The molecule has 0 aromatic heterocycles. The van der Waals surface area contributed by atoms with E-state index in [2.05, 4.69) is 7.05 Å². The Hall–Kier alpha value is 0.160. The summed E-state index contributed by atoms with van der Waals surface area (Å²) in [6.45, 7) is 9.04. The monoisotopic (exact) mass is 395 g/mol. The Kier molecular flexibility index (Phi) is 6.32. The molecule has 2 saturated heterocycles. The first-order chi connectivity index (χ1) is 8.83. The highest BCUT2D eigenvalue weighted by Crippen LogP contribution is 2.36. The number of rotatable bonds is 2. The van der Waals surface area contributed by atoms with E-state index in [0.29, 0.717) is 12.5 Å². The second kappa shape index (κ2) is 6.95. The van der Waals surface area contributed by atoms with E-state index >= 15 is 0 Å². The van der Waals surface area contributed by atoms with Gasteiger partial charge in [0.15, 0.2) is 0 Å². The van der Waals surface area contributed by atoms with Crippen molar-refractivity contribution in [3.63, 3.8) is 0 Å². The van der Waals surface area contributed by atoms with Crippen LogP contribution in [0.15, 0.2) is 0 Å². The number of quaternary nitrogens is 1. The van der Waals surface area contributed by atoms with Crippen LogP contribution in [-0.4, -0.2) is 43.2 Å². The van der Waals surface area contributed by atoms with Gasteiger partial charge in [-0.2, -0.15) is 0 Å². The van der Waals surface area contributed by atoms with Crippen LogP contribution >= 0.6 is 0 Å². The normalized spacial score (nSPS) is 33.8. The molecule has 0 aromatic rings. The molecule has 4 heteroatoms. The van der Waals surface area contributed by atoms with Crippen LogP contribution in [0.1, 0.15) is 52.9 Å². The summed E-state index contributed by atoms with van der Waals surface area (Å²) in [5.41, 5.74) is -0.376. The smallest absolute Gasteiger partial charge is 0.311 e. The van der Waals surface area contributed by atoms with Gasteiger partial charge in [0.05, 0.1) is 38.2 Å². The summed E-state index contributed by atoms with van der Waals surface area (Å²) in [7, 11) is 2.40. The Labute approximate surface area is 141 Å². The maximum atomic E-state index is 11.9. The maximum Gasteiger partial charge on any atom is 0.311 e. The van der Waals surface area contributed by atoms with Crippen molar-refractivity contribution in [2.75, 3.05) is 26.7 Å². The Bertz CT molecular complexity index is 336. The summed E-state index contributed by atoms with van der Waals surface area (Å²) < 4.78 is 6.81. The van der Waals surface area contributed by atoms with Crippen LogP contribution in [0.2, 0.25) is 0 Å². The SMILES string of the molecule is CC(C)(C)C(=O)OCC1CCC[N+]2(C)CCCCC12.[I-]. The minimum Gasteiger partial charge on any atom is -1.00 e. The molecule has 0 N–H and O–H groups in total. The Morgan fingerprint density at radius 3 is 2.45 bits per heavy atom. The van der Waals surface area contributed by atoms with Gasteiger partial charge in [-0.25, -0.2) is 0 Å². The van der Waals surface area contributed by atoms with Crippen LogP contribution in [0.25, 0.3) is 0 Å². The van der Waals surface area contributed by atoms with Gasteiger partial charge in [0, 0.05) is 12.3 Å². The van der Waals surface area contributed by atoms with Gasteiger partial charge < -0.3 is 33.2 Å². The predicted molar refractivity (Wildman–Crippen MR) is 76.7 cm³/mol. The number of halogens is 1. The van der Waals surface area contributed by atoms with Gasteiger partial charge >= 0.3 is 5.97 Å². The van der Waals surface area contributed by atoms with E-state index in [-0.39, 0.29) is 35.4 Å². The van der Waals surface area contributed by atoms with Crippen molar-refractivity contribution >= 4 is 5.97 Å². The van der Waals surface area contributed by atoms with Gasteiger partial charge in [0.2, 0.25) is 0 Å². The van der Waals surface area contributed by atoms with Crippen LogP contribution in [0, 0.1) is 11.3 Å². The average molecular weight is 395 g/mol. The molecule has 0 spiro atoms. The fraction of sp³-hybridized carbons (Fsp3) is 0.938. The van der Waals surface area contributed by atoms with E-state index in [4.69, 9.17) is 4.74 Å². The molecule has 20 heavy (non-hydrogen) atoms. The summed E-state index contributed by atoms with van der Waals surface area (Å²) in [6.07, 6.45) is 6.54. The lowest BCUT2D eigenvalue weighted by Crippen LogP contribution is -3.00. The first-order valence-electron chi connectivity index (χ1n) is 7.84. The summed E-state index contributed by atoms with van der Waals surface area (Å²) in [5, 5.41) is 0. The van der Waals surface area contributed by atoms with Gasteiger partial charge in [-0.05, 0) is 46.5 Å². The minimum absolute atomic E-state index is 0. The van der Waals surface area contributed by atoms with E-state index in [9.17, 15) is 4.79 Å². The van der Waals surface area contributed by atoms with Crippen LogP contribution in [0.3, 0.4) is 0 Å². The van der Waals surface area contributed by atoms with Crippen LogP contribution < -0.4 is 24.0 Å². The van der Waals surface area contributed by atoms with Crippen molar-refractivity contribution in [2.45, 2.75) is 58.9 Å². The highest BCUT2D eigenvalue weighted by molar-refractivity contribution is 5.75. The number of carbonyl (C=O) groups is 1. The van der Waals surface area contributed by atoms with E-state index in [0.717, 1.165) is 6.04 Å². The number of nitrogens with zero attached hydrogens (tertiary/aromatic N) is 1. The lowest BCUT2D eigenvalue weighted by Gasteiger charge is -2.51. The maximum absolute atomic E-state index is 11.9. The predicted octanol–water partition coefficient (Wildman–Crippen LogP) is -0.0112. The fourth-order valence-electron chi connectivity index (χ4n) is 3.83. The molecule has 3 atom stereocenters. The number of ether oxygens (including phenoxy) is 1. The molecule has 0 aliphatic carbocycles. The van der Waals surface area contributed by atoms with Crippen molar-refractivity contribution in [2.24, 2.45) is 11.3 Å². The number of esters is 1. The van der Waals surface area contributed by atoms with Gasteiger partial charge in [-0.1, -0.05) is 0 Å². The largest absolute Gasteiger partial charge is 1.00 e. The molecule has 2 aliphatic heterocycles. The van der Waals surface area contributed by atoms with Crippen LogP contribution in [0.5, 0.6) is 0 Å². The number of hydrogen-bond donors (Lipinski definition) is 0. The standard InChI is InChI=1S/C16H30NO2.HI/c1-16(2,3)15(18)19-12-13-8-7-11-17(4)10-6-5-9-14(13)17;/h13-14H,5-12H2,1-4H3;1H/q+1;/p-1. The third-order valence-electron chi connectivity index (χ3n) is 5.05.